The van der Waals surface area contributed by atoms with Crippen LogP contribution in [0.15, 0.2) is 12.1 Å². The molecular formula is C13H17Cl3N2O2. The van der Waals surface area contributed by atoms with Crippen LogP contribution in [0.4, 0.5) is 0 Å². The van der Waals surface area contributed by atoms with Gasteiger partial charge in [-0.1, -0.05) is 42.5 Å². The van der Waals surface area contributed by atoms with Crippen molar-refractivity contribution in [1.82, 2.24) is 4.98 Å². The average Bonchev–Trinajstić information content (AvgIpc) is 2.35. The van der Waals surface area contributed by atoms with E-state index in [1.165, 1.54) is 0 Å². The molecule has 1 saturated carbocycles. The van der Waals surface area contributed by atoms with E-state index in [0.717, 1.165) is 19.3 Å². The molecular weight excluding hydrogens is 323 g/mol. The van der Waals surface area contributed by atoms with Gasteiger partial charge in [-0.2, -0.15) is 0 Å². The van der Waals surface area contributed by atoms with Gasteiger partial charge in [0.25, 0.3) is 0 Å². The topological polar surface area (TPSA) is 65.2 Å². The molecule has 4 nitrogen and oxygen atoms in total. The Labute approximate surface area is 134 Å². The van der Waals surface area contributed by atoms with Gasteiger partial charge in [-0.3, -0.25) is 4.79 Å². The van der Waals surface area contributed by atoms with Gasteiger partial charge in [0.15, 0.2) is 0 Å². The molecule has 112 valence electrons. The first-order valence-corrected chi connectivity index (χ1v) is 7.03. The fourth-order valence-electron chi connectivity index (χ4n) is 2.28. The van der Waals surface area contributed by atoms with Gasteiger partial charge in [-0.05, 0) is 30.5 Å². The van der Waals surface area contributed by atoms with Gasteiger partial charge in [-0.25, -0.2) is 4.98 Å². The summed E-state index contributed by atoms with van der Waals surface area (Å²) >= 11 is 11.6. The van der Waals surface area contributed by atoms with Crippen molar-refractivity contribution in [3.05, 3.63) is 28.0 Å². The van der Waals surface area contributed by atoms with Gasteiger partial charge < -0.3 is 10.5 Å². The zero-order valence-electron chi connectivity index (χ0n) is 10.9. The largest absolute Gasteiger partial charge is 0.459 e. The maximum Gasteiger partial charge on any atom is 0.326 e. The molecule has 7 heteroatoms. The van der Waals surface area contributed by atoms with Gasteiger partial charge in [0.05, 0.1) is 0 Å². The molecule has 1 fully saturated rings. The number of hydrogen-bond acceptors (Lipinski definition) is 4. The number of nitrogens with two attached hydrogens (primary N) is 1. The molecule has 0 radical (unpaired) electrons. The van der Waals surface area contributed by atoms with E-state index in [0.29, 0.717) is 18.4 Å². The number of carbonyl (C=O) groups is 1. The van der Waals surface area contributed by atoms with Crippen LogP contribution in [-0.2, 0) is 16.1 Å². The van der Waals surface area contributed by atoms with Crippen molar-refractivity contribution >= 4 is 41.6 Å². The number of hydrogen-bond donors (Lipinski definition) is 1. The predicted octanol–water partition coefficient (Wildman–Crippen LogP) is 3.52. The average molecular weight is 340 g/mol. The number of ether oxygens (including phenoxy) is 1. The third-order valence-corrected chi connectivity index (χ3v) is 3.73. The van der Waals surface area contributed by atoms with Crippen LogP contribution in [0.25, 0.3) is 0 Å². The molecule has 1 aliphatic carbocycles. The van der Waals surface area contributed by atoms with E-state index >= 15 is 0 Å². The Balaban J connectivity index is 0.00000200. The van der Waals surface area contributed by atoms with Crippen molar-refractivity contribution in [2.24, 2.45) is 5.73 Å². The number of halogens is 3. The van der Waals surface area contributed by atoms with Crippen molar-refractivity contribution in [1.29, 1.82) is 0 Å². The summed E-state index contributed by atoms with van der Waals surface area (Å²) in [5.41, 5.74) is 5.96. The molecule has 0 bridgehead atoms. The Morgan fingerprint density at radius 2 is 1.80 bits per heavy atom. The zero-order chi connectivity index (χ0) is 13.9. The molecule has 20 heavy (non-hydrogen) atoms. The molecule has 2 rings (SSSR count). The molecule has 0 atom stereocenters. The fourth-order valence-corrected chi connectivity index (χ4v) is 2.78. The summed E-state index contributed by atoms with van der Waals surface area (Å²) in [7, 11) is 0. The van der Waals surface area contributed by atoms with Gasteiger partial charge in [0.1, 0.15) is 22.5 Å². The van der Waals surface area contributed by atoms with E-state index in [1.54, 1.807) is 12.1 Å². The summed E-state index contributed by atoms with van der Waals surface area (Å²) in [6.07, 6.45) is 4.44. The lowest BCUT2D eigenvalue weighted by atomic mass is 9.83. The summed E-state index contributed by atoms with van der Waals surface area (Å²) in [5.74, 6) is -0.351. The number of nitrogens with zero attached hydrogens (tertiary/aromatic N) is 1. The van der Waals surface area contributed by atoms with E-state index in [4.69, 9.17) is 33.7 Å². The first-order chi connectivity index (χ1) is 8.99. The Morgan fingerprint density at radius 1 is 1.25 bits per heavy atom. The Bertz CT molecular complexity index is 456. The number of pyridine rings is 1. The minimum absolute atomic E-state index is 0. The van der Waals surface area contributed by atoms with Crippen molar-refractivity contribution in [2.45, 2.75) is 44.2 Å². The van der Waals surface area contributed by atoms with Crippen LogP contribution in [0.1, 0.15) is 37.7 Å². The van der Waals surface area contributed by atoms with Crippen molar-refractivity contribution in [3.8, 4) is 0 Å². The Kier molecular flexibility index (Phi) is 6.52. The van der Waals surface area contributed by atoms with Gasteiger partial charge in [-0.15, -0.1) is 12.4 Å². The maximum atomic E-state index is 12.0. The molecule has 0 spiro atoms. The second-order valence-electron chi connectivity index (χ2n) is 4.91. The minimum atomic E-state index is -0.834. The predicted molar refractivity (Wildman–Crippen MR) is 81.3 cm³/mol. The van der Waals surface area contributed by atoms with Crippen molar-refractivity contribution < 1.29 is 9.53 Å². The Morgan fingerprint density at radius 3 is 2.35 bits per heavy atom. The minimum Gasteiger partial charge on any atom is -0.459 e. The van der Waals surface area contributed by atoms with Crippen molar-refractivity contribution in [2.75, 3.05) is 0 Å². The third-order valence-electron chi connectivity index (χ3n) is 3.34. The number of aromatic nitrogens is 1. The van der Waals surface area contributed by atoms with E-state index in [-0.39, 0.29) is 35.3 Å². The summed E-state index contributed by atoms with van der Waals surface area (Å²) in [4.78, 5) is 15.9. The number of esters is 1. The van der Waals surface area contributed by atoms with Crippen LogP contribution in [0.3, 0.4) is 0 Å². The highest BCUT2D eigenvalue weighted by molar-refractivity contribution is 6.32. The van der Waals surface area contributed by atoms with Gasteiger partial charge in [0.2, 0.25) is 0 Å². The summed E-state index contributed by atoms with van der Waals surface area (Å²) in [6.45, 7) is 0.111. The monoisotopic (exact) mass is 338 g/mol. The normalized spacial score (nSPS) is 17.1. The zero-order valence-corrected chi connectivity index (χ0v) is 13.2. The third kappa shape index (κ3) is 4.48. The van der Waals surface area contributed by atoms with Gasteiger partial charge in [0, 0.05) is 0 Å². The number of carbonyl (C=O) groups excluding carboxylic acids is 1. The Hall–Kier alpha value is -0.550. The molecule has 0 aromatic carbocycles. The lowest BCUT2D eigenvalue weighted by molar-refractivity contribution is -0.152. The first kappa shape index (κ1) is 17.5. The highest BCUT2D eigenvalue weighted by atomic mass is 35.5. The van der Waals surface area contributed by atoms with E-state index in [9.17, 15) is 4.79 Å². The highest BCUT2D eigenvalue weighted by Crippen LogP contribution is 2.27. The van der Waals surface area contributed by atoms with Crippen LogP contribution < -0.4 is 5.73 Å². The molecule has 0 saturated heterocycles. The first-order valence-electron chi connectivity index (χ1n) is 6.28. The second-order valence-corrected chi connectivity index (χ2v) is 5.69. The summed E-state index contributed by atoms with van der Waals surface area (Å²) in [6, 6.07) is 3.23. The molecule has 0 aliphatic heterocycles. The lowest BCUT2D eigenvalue weighted by Crippen LogP contribution is -2.50. The maximum absolute atomic E-state index is 12.0. The highest BCUT2D eigenvalue weighted by Gasteiger charge is 2.36. The van der Waals surface area contributed by atoms with Gasteiger partial charge >= 0.3 is 5.97 Å². The smallest absolute Gasteiger partial charge is 0.326 e. The second kappa shape index (κ2) is 7.46. The SMILES string of the molecule is Cl.NC1(C(=O)OCc2cc(Cl)nc(Cl)c2)CCCCC1. The molecule has 2 N–H and O–H groups in total. The summed E-state index contributed by atoms with van der Waals surface area (Å²) in [5, 5.41) is 0.553. The van der Waals surface area contributed by atoms with Crippen LogP contribution in [0, 0.1) is 0 Å². The van der Waals surface area contributed by atoms with E-state index in [2.05, 4.69) is 4.98 Å². The van der Waals surface area contributed by atoms with Crippen LogP contribution >= 0.6 is 35.6 Å². The molecule has 0 amide bonds. The quantitative estimate of drug-likeness (QED) is 0.676. The molecule has 1 heterocycles. The van der Waals surface area contributed by atoms with Crippen molar-refractivity contribution in [3.63, 3.8) is 0 Å². The van der Waals surface area contributed by atoms with Crippen LogP contribution in [-0.4, -0.2) is 16.5 Å². The standard InChI is InChI=1S/C13H16Cl2N2O2.ClH/c14-10-6-9(7-11(15)17-10)8-19-12(18)13(16)4-2-1-3-5-13;/h6-7H,1-5,8,16H2;1H. The lowest BCUT2D eigenvalue weighted by Gasteiger charge is -2.30. The molecule has 1 aromatic heterocycles. The van der Waals surface area contributed by atoms with Crippen LogP contribution in [0.2, 0.25) is 10.3 Å². The van der Waals surface area contributed by atoms with E-state index < -0.39 is 5.54 Å². The molecule has 1 aromatic rings. The van der Waals surface area contributed by atoms with E-state index in [1.807, 2.05) is 0 Å². The number of rotatable bonds is 3. The molecule has 1 aliphatic rings. The molecule has 0 unspecified atom stereocenters. The fraction of sp³-hybridized carbons (Fsp3) is 0.538. The van der Waals surface area contributed by atoms with Crippen LogP contribution in [0.5, 0.6) is 0 Å². The summed E-state index contributed by atoms with van der Waals surface area (Å²) < 4.78 is 5.27.